The molecule has 0 fully saturated rings. The second-order valence-corrected chi connectivity index (χ2v) is 7.33. The van der Waals surface area contributed by atoms with E-state index in [9.17, 15) is 9.59 Å². The van der Waals surface area contributed by atoms with Gasteiger partial charge in [-0.1, -0.05) is 35.8 Å². The summed E-state index contributed by atoms with van der Waals surface area (Å²) < 4.78 is 11.3. The van der Waals surface area contributed by atoms with Crippen molar-refractivity contribution in [2.45, 2.75) is 20.3 Å². The Labute approximate surface area is 167 Å². The van der Waals surface area contributed by atoms with E-state index < -0.39 is 0 Å². The third-order valence-corrected chi connectivity index (χ3v) is 4.18. The number of nitrogens with zero attached hydrogens (tertiary/aromatic N) is 2. The minimum Gasteiger partial charge on any atom is -0.469 e. The number of esters is 1. The fraction of sp³-hybridized carbons (Fsp3) is 0.350. The van der Waals surface area contributed by atoms with Crippen LogP contribution < -0.4 is 4.74 Å². The Morgan fingerprint density at radius 2 is 2.00 bits per heavy atom. The highest BCUT2D eigenvalue weighted by Gasteiger charge is 2.19. The summed E-state index contributed by atoms with van der Waals surface area (Å²) in [7, 11) is 1.34. The zero-order valence-electron chi connectivity index (χ0n) is 15.6. The van der Waals surface area contributed by atoms with Gasteiger partial charge < -0.3 is 14.4 Å². The van der Waals surface area contributed by atoms with Crippen LogP contribution in [0.3, 0.4) is 0 Å². The van der Waals surface area contributed by atoms with Crippen LogP contribution in [-0.4, -0.2) is 42.0 Å². The fourth-order valence-electron chi connectivity index (χ4n) is 2.45. The molecule has 1 aromatic heterocycles. The lowest BCUT2D eigenvalue weighted by Crippen LogP contribution is -2.36. The molecule has 0 aliphatic carbocycles. The molecule has 144 valence electrons. The van der Waals surface area contributed by atoms with Crippen LogP contribution in [0.1, 0.15) is 30.6 Å². The van der Waals surface area contributed by atoms with Crippen LogP contribution in [0.5, 0.6) is 11.6 Å². The van der Waals surface area contributed by atoms with Crippen molar-refractivity contribution in [3.8, 4) is 11.6 Å². The highest BCUT2D eigenvalue weighted by atomic mass is 79.9. The summed E-state index contributed by atoms with van der Waals surface area (Å²) in [5, 5.41) is 0. The van der Waals surface area contributed by atoms with Gasteiger partial charge >= 0.3 is 5.97 Å². The van der Waals surface area contributed by atoms with Crippen molar-refractivity contribution >= 4 is 27.8 Å². The maximum absolute atomic E-state index is 12.8. The van der Waals surface area contributed by atoms with Crippen LogP contribution in [-0.2, 0) is 9.53 Å². The average molecular weight is 435 g/mol. The largest absolute Gasteiger partial charge is 0.469 e. The number of carbonyl (C=O) groups is 2. The molecule has 0 atom stereocenters. The highest BCUT2D eigenvalue weighted by molar-refractivity contribution is 9.10. The van der Waals surface area contributed by atoms with Gasteiger partial charge in [-0.2, -0.15) is 0 Å². The lowest BCUT2D eigenvalue weighted by atomic mass is 10.1. The molecule has 1 amide bonds. The zero-order valence-corrected chi connectivity index (χ0v) is 17.2. The van der Waals surface area contributed by atoms with Gasteiger partial charge in [0.2, 0.25) is 5.88 Å². The molecule has 0 aliphatic heterocycles. The first-order valence-corrected chi connectivity index (χ1v) is 9.44. The van der Waals surface area contributed by atoms with E-state index in [4.69, 9.17) is 4.74 Å². The molecule has 0 saturated carbocycles. The van der Waals surface area contributed by atoms with E-state index in [2.05, 4.69) is 25.7 Å². The average Bonchev–Trinajstić information content (AvgIpc) is 2.64. The lowest BCUT2D eigenvalue weighted by molar-refractivity contribution is -0.140. The van der Waals surface area contributed by atoms with E-state index in [1.807, 2.05) is 38.1 Å². The number of pyridine rings is 1. The molecule has 1 aromatic carbocycles. The van der Waals surface area contributed by atoms with Gasteiger partial charge in [0.1, 0.15) is 5.75 Å². The van der Waals surface area contributed by atoms with Gasteiger partial charge in [0, 0.05) is 29.8 Å². The van der Waals surface area contributed by atoms with Crippen molar-refractivity contribution in [2.75, 3.05) is 20.2 Å². The number of benzene rings is 1. The predicted molar refractivity (Wildman–Crippen MR) is 106 cm³/mol. The van der Waals surface area contributed by atoms with Gasteiger partial charge in [0.15, 0.2) is 0 Å². The van der Waals surface area contributed by atoms with E-state index in [1.165, 1.54) is 13.3 Å². The Morgan fingerprint density at radius 3 is 2.59 bits per heavy atom. The minimum atomic E-state index is -0.340. The first-order chi connectivity index (χ1) is 12.9. The molecule has 7 heteroatoms. The summed E-state index contributed by atoms with van der Waals surface area (Å²) in [5.74, 6) is 0.810. The van der Waals surface area contributed by atoms with E-state index >= 15 is 0 Å². The van der Waals surface area contributed by atoms with Crippen molar-refractivity contribution in [1.29, 1.82) is 0 Å². The normalized spacial score (nSPS) is 10.6. The molecular formula is C20H23BrN2O4. The first kappa shape index (κ1) is 20.9. The Hall–Kier alpha value is -2.41. The summed E-state index contributed by atoms with van der Waals surface area (Å²) in [6.45, 7) is 4.89. The Balaban J connectivity index is 2.07. The number of ether oxygens (including phenoxy) is 2. The maximum Gasteiger partial charge on any atom is 0.307 e. The zero-order chi connectivity index (χ0) is 19.8. The summed E-state index contributed by atoms with van der Waals surface area (Å²) in [4.78, 5) is 30.1. The molecule has 0 bridgehead atoms. The topological polar surface area (TPSA) is 68.7 Å². The highest BCUT2D eigenvalue weighted by Crippen LogP contribution is 2.23. The number of amides is 1. The van der Waals surface area contributed by atoms with Crippen LogP contribution >= 0.6 is 15.9 Å². The summed E-state index contributed by atoms with van der Waals surface area (Å²) in [6, 6.07) is 10.7. The number of rotatable bonds is 8. The number of carbonyl (C=O) groups excluding carboxylic acids is 2. The van der Waals surface area contributed by atoms with E-state index in [-0.39, 0.29) is 24.2 Å². The van der Waals surface area contributed by atoms with Crippen LogP contribution in [0.25, 0.3) is 0 Å². The molecular weight excluding hydrogens is 412 g/mol. The Bertz CT molecular complexity index is 778. The van der Waals surface area contributed by atoms with E-state index in [1.54, 1.807) is 17.0 Å². The molecule has 2 aromatic rings. The third-order valence-electron chi connectivity index (χ3n) is 3.69. The minimum absolute atomic E-state index is 0.159. The number of methoxy groups -OCH3 is 1. The predicted octanol–water partition coefficient (Wildman–Crippen LogP) is 4.30. The van der Waals surface area contributed by atoms with Crippen molar-refractivity contribution in [3.05, 3.63) is 52.6 Å². The van der Waals surface area contributed by atoms with E-state index in [0.717, 1.165) is 4.47 Å². The molecule has 0 aliphatic rings. The van der Waals surface area contributed by atoms with Crippen molar-refractivity contribution in [2.24, 2.45) is 5.92 Å². The number of hydrogen-bond acceptors (Lipinski definition) is 5. The summed E-state index contributed by atoms with van der Waals surface area (Å²) in [6.07, 6.45) is 1.65. The fourth-order valence-corrected chi connectivity index (χ4v) is 2.82. The standard InChI is InChI=1S/C20H23BrN2O4/c1-14(2)13-23(10-9-19(24)26-3)20(25)15-7-8-18(22-12-15)27-17-6-4-5-16(21)11-17/h4-8,11-12,14H,9-10,13H2,1-3H3. The second kappa shape index (κ2) is 10.1. The van der Waals surface area contributed by atoms with E-state index in [0.29, 0.717) is 30.3 Å². The molecule has 0 saturated heterocycles. The van der Waals surface area contributed by atoms with Crippen LogP contribution in [0.15, 0.2) is 47.1 Å². The van der Waals surface area contributed by atoms with Crippen LogP contribution in [0, 0.1) is 5.92 Å². The molecule has 0 radical (unpaired) electrons. The lowest BCUT2D eigenvalue weighted by Gasteiger charge is -2.24. The maximum atomic E-state index is 12.8. The van der Waals surface area contributed by atoms with Crippen molar-refractivity contribution in [1.82, 2.24) is 9.88 Å². The van der Waals surface area contributed by atoms with Gasteiger partial charge in [0.05, 0.1) is 19.1 Å². The number of aromatic nitrogens is 1. The van der Waals surface area contributed by atoms with Crippen LogP contribution in [0.4, 0.5) is 0 Å². The van der Waals surface area contributed by atoms with Gasteiger partial charge in [-0.3, -0.25) is 9.59 Å². The monoisotopic (exact) mass is 434 g/mol. The van der Waals surface area contributed by atoms with Crippen molar-refractivity contribution < 1.29 is 19.1 Å². The molecule has 0 N–H and O–H groups in total. The molecule has 0 spiro atoms. The Morgan fingerprint density at radius 1 is 1.22 bits per heavy atom. The molecule has 27 heavy (non-hydrogen) atoms. The second-order valence-electron chi connectivity index (χ2n) is 6.42. The van der Waals surface area contributed by atoms with Gasteiger partial charge in [-0.25, -0.2) is 4.98 Å². The molecule has 2 rings (SSSR count). The smallest absolute Gasteiger partial charge is 0.307 e. The number of hydrogen-bond donors (Lipinski definition) is 0. The SMILES string of the molecule is COC(=O)CCN(CC(C)C)C(=O)c1ccc(Oc2cccc(Br)c2)nc1. The Kier molecular flexibility index (Phi) is 7.79. The number of halogens is 1. The quantitative estimate of drug-likeness (QED) is 0.579. The van der Waals surface area contributed by atoms with Crippen LogP contribution in [0.2, 0.25) is 0 Å². The molecule has 6 nitrogen and oxygen atoms in total. The van der Waals surface area contributed by atoms with Gasteiger partial charge in [0.25, 0.3) is 5.91 Å². The van der Waals surface area contributed by atoms with Gasteiger partial charge in [-0.05, 0) is 30.2 Å². The molecule has 0 unspecified atom stereocenters. The summed E-state index contributed by atoms with van der Waals surface area (Å²) >= 11 is 3.39. The van der Waals surface area contributed by atoms with Gasteiger partial charge in [-0.15, -0.1) is 0 Å². The molecule has 1 heterocycles. The third kappa shape index (κ3) is 6.67. The summed E-state index contributed by atoms with van der Waals surface area (Å²) in [5.41, 5.74) is 0.446. The van der Waals surface area contributed by atoms with Crippen molar-refractivity contribution in [3.63, 3.8) is 0 Å². The first-order valence-electron chi connectivity index (χ1n) is 8.64.